The van der Waals surface area contributed by atoms with Gasteiger partial charge in [0.1, 0.15) is 0 Å². The van der Waals surface area contributed by atoms with Gasteiger partial charge in [0, 0.05) is 4.83 Å². The van der Waals surface area contributed by atoms with Gasteiger partial charge in [-0.05, 0) is 61.5 Å². The fourth-order valence-electron chi connectivity index (χ4n) is 4.25. The normalized spacial score (nSPS) is 55.0. The van der Waals surface area contributed by atoms with Gasteiger partial charge in [0.15, 0.2) is 0 Å². The highest BCUT2D eigenvalue weighted by Crippen LogP contribution is 2.62. The first-order chi connectivity index (χ1) is 6.62. The van der Waals surface area contributed by atoms with Gasteiger partial charge in [0.2, 0.25) is 5.24 Å². The van der Waals surface area contributed by atoms with E-state index in [-0.39, 0.29) is 10.7 Å². The molecule has 4 bridgehead atoms. The summed E-state index contributed by atoms with van der Waals surface area (Å²) < 4.78 is 0. The molecule has 0 aromatic rings. The number of alkyl halides is 1. The molecule has 0 amide bonds. The molecule has 14 heavy (non-hydrogen) atoms. The van der Waals surface area contributed by atoms with Crippen LogP contribution in [-0.4, -0.2) is 10.1 Å². The van der Waals surface area contributed by atoms with Crippen LogP contribution >= 0.6 is 27.5 Å². The molecule has 0 aliphatic heterocycles. The van der Waals surface area contributed by atoms with E-state index in [1.807, 2.05) is 0 Å². The van der Waals surface area contributed by atoms with Gasteiger partial charge in [-0.15, -0.1) is 0 Å². The minimum Gasteiger partial charge on any atom is -0.281 e. The van der Waals surface area contributed by atoms with Gasteiger partial charge in [-0.2, -0.15) is 0 Å². The first kappa shape index (κ1) is 9.65. The van der Waals surface area contributed by atoms with Crippen LogP contribution in [-0.2, 0) is 4.79 Å². The summed E-state index contributed by atoms with van der Waals surface area (Å²) in [6.45, 7) is 0. The molecule has 3 heteroatoms. The third kappa shape index (κ3) is 1.10. The molecule has 0 heterocycles. The van der Waals surface area contributed by atoms with Gasteiger partial charge in [-0.1, -0.05) is 15.9 Å². The van der Waals surface area contributed by atoms with Crippen molar-refractivity contribution in [2.24, 2.45) is 23.2 Å². The van der Waals surface area contributed by atoms with Gasteiger partial charge >= 0.3 is 0 Å². The summed E-state index contributed by atoms with van der Waals surface area (Å²) >= 11 is 9.56. The Morgan fingerprint density at radius 3 is 2.29 bits per heavy atom. The van der Waals surface area contributed by atoms with Crippen molar-refractivity contribution >= 4 is 32.8 Å². The van der Waals surface area contributed by atoms with Gasteiger partial charge < -0.3 is 0 Å². The van der Waals surface area contributed by atoms with Crippen molar-refractivity contribution < 1.29 is 4.79 Å². The van der Waals surface area contributed by atoms with E-state index in [0.717, 1.165) is 24.7 Å². The molecule has 3 unspecified atom stereocenters. The molecular weight excluding hydrogens is 263 g/mol. The molecule has 4 aliphatic carbocycles. The molecule has 0 aromatic heterocycles. The summed E-state index contributed by atoms with van der Waals surface area (Å²) in [5.41, 5.74) is -0.198. The molecule has 0 aromatic carbocycles. The van der Waals surface area contributed by atoms with E-state index < -0.39 is 0 Å². The molecule has 0 N–H and O–H groups in total. The lowest BCUT2D eigenvalue weighted by Crippen LogP contribution is -2.56. The quantitative estimate of drug-likeness (QED) is 0.531. The fourth-order valence-corrected chi connectivity index (χ4v) is 5.66. The van der Waals surface area contributed by atoms with Crippen molar-refractivity contribution in [3.8, 4) is 0 Å². The zero-order chi connectivity index (χ0) is 9.92. The molecule has 78 valence electrons. The fraction of sp³-hybridized carbons (Fsp3) is 0.909. The summed E-state index contributed by atoms with van der Waals surface area (Å²) in [4.78, 5) is 12.0. The Bertz CT molecular complexity index is 277. The number of halogens is 2. The molecule has 4 fully saturated rings. The Balaban J connectivity index is 2.01. The third-order valence-electron chi connectivity index (χ3n) is 4.58. The highest BCUT2D eigenvalue weighted by Gasteiger charge is 2.59. The first-order valence-corrected chi connectivity index (χ1v) is 6.75. The second-order valence-corrected chi connectivity index (χ2v) is 6.77. The lowest BCUT2D eigenvalue weighted by molar-refractivity contribution is -0.133. The average molecular weight is 278 g/mol. The van der Waals surface area contributed by atoms with E-state index in [1.165, 1.54) is 19.3 Å². The van der Waals surface area contributed by atoms with Crippen molar-refractivity contribution in [1.82, 2.24) is 0 Å². The van der Waals surface area contributed by atoms with Crippen LogP contribution in [0.1, 0.15) is 32.1 Å². The monoisotopic (exact) mass is 276 g/mol. The minimum absolute atomic E-state index is 0.0847. The van der Waals surface area contributed by atoms with Crippen molar-refractivity contribution in [3.63, 3.8) is 0 Å². The van der Waals surface area contributed by atoms with E-state index in [1.54, 1.807) is 0 Å². The molecule has 3 atom stereocenters. The van der Waals surface area contributed by atoms with Crippen LogP contribution in [0.15, 0.2) is 0 Å². The topological polar surface area (TPSA) is 17.1 Å². The highest BCUT2D eigenvalue weighted by atomic mass is 79.9. The average Bonchev–Trinajstić information content (AvgIpc) is 2.12. The Labute approximate surface area is 97.7 Å². The summed E-state index contributed by atoms with van der Waals surface area (Å²) in [5, 5.41) is -0.0847. The molecule has 4 aliphatic rings. The molecule has 4 rings (SSSR count). The van der Waals surface area contributed by atoms with Gasteiger partial charge in [0.05, 0.1) is 5.41 Å². The maximum absolute atomic E-state index is 11.6. The number of hydrogen-bond acceptors (Lipinski definition) is 1. The predicted molar refractivity (Wildman–Crippen MR) is 59.6 cm³/mol. The maximum atomic E-state index is 11.6. The standard InChI is InChI=1S/C11H14BrClO/c12-9-8-2-6-1-7(3-8)5-11(9,4-6)10(13)14/h6-9H,1-5H2. The number of rotatable bonds is 1. The van der Waals surface area contributed by atoms with Crippen LogP contribution in [0, 0.1) is 23.2 Å². The van der Waals surface area contributed by atoms with Crippen molar-refractivity contribution in [2.45, 2.75) is 36.9 Å². The molecule has 4 saturated carbocycles. The van der Waals surface area contributed by atoms with E-state index in [0.29, 0.717) is 10.7 Å². The third-order valence-corrected chi connectivity index (χ3v) is 6.58. The maximum Gasteiger partial charge on any atom is 0.228 e. The molecule has 0 radical (unpaired) electrons. The number of hydrogen-bond donors (Lipinski definition) is 0. The van der Waals surface area contributed by atoms with Crippen LogP contribution in [0.25, 0.3) is 0 Å². The van der Waals surface area contributed by atoms with Crippen LogP contribution in [0.4, 0.5) is 0 Å². The SMILES string of the molecule is O=C(Cl)C12CC3CC(CC(C3)C1Br)C2. The largest absolute Gasteiger partial charge is 0.281 e. The smallest absolute Gasteiger partial charge is 0.228 e. The van der Waals surface area contributed by atoms with Crippen molar-refractivity contribution in [3.05, 3.63) is 0 Å². The van der Waals surface area contributed by atoms with Crippen LogP contribution in [0.2, 0.25) is 0 Å². The van der Waals surface area contributed by atoms with Crippen LogP contribution in [0.3, 0.4) is 0 Å². The second kappa shape index (κ2) is 2.98. The molecule has 1 nitrogen and oxygen atoms in total. The molecule has 0 saturated heterocycles. The molecular formula is C11H14BrClO. The number of carbonyl (C=O) groups excluding carboxylic acids is 1. The van der Waals surface area contributed by atoms with Gasteiger partial charge in [-0.25, -0.2) is 0 Å². The van der Waals surface area contributed by atoms with Gasteiger partial charge in [-0.3, -0.25) is 4.79 Å². The Hall–Kier alpha value is 0.440. The molecule has 0 spiro atoms. The zero-order valence-corrected chi connectivity index (χ0v) is 10.4. The lowest BCUT2D eigenvalue weighted by atomic mass is 9.50. The summed E-state index contributed by atoms with van der Waals surface area (Å²) in [6, 6.07) is 0. The first-order valence-electron chi connectivity index (χ1n) is 5.46. The Morgan fingerprint density at radius 1 is 1.21 bits per heavy atom. The Kier molecular flexibility index (Phi) is 2.05. The minimum atomic E-state index is -0.198. The summed E-state index contributed by atoms with van der Waals surface area (Å²) in [5.74, 6) is 2.27. The van der Waals surface area contributed by atoms with Crippen LogP contribution in [0.5, 0.6) is 0 Å². The summed E-state index contributed by atoms with van der Waals surface area (Å²) in [6.07, 6.45) is 6.06. The summed E-state index contributed by atoms with van der Waals surface area (Å²) in [7, 11) is 0. The van der Waals surface area contributed by atoms with E-state index >= 15 is 0 Å². The predicted octanol–water partition coefficient (Wildman–Crippen LogP) is 3.34. The lowest BCUT2D eigenvalue weighted by Gasteiger charge is -2.58. The van der Waals surface area contributed by atoms with E-state index in [9.17, 15) is 4.79 Å². The zero-order valence-electron chi connectivity index (χ0n) is 8.01. The van der Waals surface area contributed by atoms with Crippen LogP contribution < -0.4 is 0 Å². The number of carbonyl (C=O) groups is 1. The van der Waals surface area contributed by atoms with E-state index in [4.69, 9.17) is 11.6 Å². The second-order valence-electron chi connectivity index (χ2n) is 5.44. The van der Waals surface area contributed by atoms with Crippen molar-refractivity contribution in [2.75, 3.05) is 0 Å². The van der Waals surface area contributed by atoms with Crippen molar-refractivity contribution in [1.29, 1.82) is 0 Å². The Morgan fingerprint density at radius 2 is 1.79 bits per heavy atom. The highest BCUT2D eigenvalue weighted by molar-refractivity contribution is 9.09. The van der Waals surface area contributed by atoms with Gasteiger partial charge in [0.25, 0.3) is 0 Å². The van der Waals surface area contributed by atoms with E-state index in [2.05, 4.69) is 15.9 Å².